The third-order valence-corrected chi connectivity index (χ3v) is 2.92. The third kappa shape index (κ3) is 1.85. The van der Waals surface area contributed by atoms with Crippen LogP contribution in [0, 0.1) is 0 Å². The van der Waals surface area contributed by atoms with Crippen LogP contribution in [0.3, 0.4) is 0 Å². The van der Waals surface area contributed by atoms with Gasteiger partial charge >= 0.3 is 0 Å². The molecule has 5 heteroatoms. The zero-order chi connectivity index (χ0) is 13.2. The van der Waals surface area contributed by atoms with Crippen molar-refractivity contribution in [3.8, 4) is 17.0 Å². The molecule has 0 atom stereocenters. The second-order valence-corrected chi connectivity index (χ2v) is 3.98. The molecule has 3 rings (SSSR count). The van der Waals surface area contributed by atoms with Crippen molar-refractivity contribution in [3.05, 3.63) is 48.4 Å². The summed E-state index contributed by atoms with van der Waals surface area (Å²) in [4.78, 5) is 19.8. The van der Waals surface area contributed by atoms with Gasteiger partial charge in [-0.2, -0.15) is 0 Å². The number of imidazole rings is 1. The van der Waals surface area contributed by atoms with E-state index in [0.29, 0.717) is 17.2 Å². The molecule has 0 aliphatic rings. The van der Waals surface area contributed by atoms with Gasteiger partial charge in [-0.15, -0.1) is 0 Å². The quantitative estimate of drug-likeness (QED) is 0.671. The van der Waals surface area contributed by atoms with Crippen LogP contribution in [0.25, 0.3) is 17.0 Å². The summed E-state index contributed by atoms with van der Waals surface area (Å²) in [6, 6.07) is 9.17. The average Bonchev–Trinajstić information content (AvgIpc) is 2.85. The molecule has 2 aromatic heterocycles. The van der Waals surface area contributed by atoms with Crippen LogP contribution in [-0.4, -0.2) is 27.8 Å². The van der Waals surface area contributed by atoms with Gasteiger partial charge in [-0.1, -0.05) is 0 Å². The topological polar surface area (TPSA) is 56.5 Å². The van der Waals surface area contributed by atoms with Crippen molar-refractivity contribution < 1.29 is 9.53 Å². The fourth-order valence-electron chi connectivity index (χ4n) is 1.98. The summed E-state index contributed by atoms with van der Waals surface area (Å²) < 4.78 is 6.79. The lowest BCUT2D eigenvalue weighted by Gasteiger charge is -2.01. The predicted octanol–water partition coefficient (Wildman–Crippen LogP) is 2.22. The SMILES string of the molecule is COc1ccc(-c2nc3ncccn3c2C=O)cc1. The normalized spacial score (nSPS) is 10.6. The number of carbonyl (C=O) groups is 1. The Morgan fingerprint density at radius 3 is 2.74 bits per heavy atom. The lowest BCUT2D eigenvalue weighted by molar-refractivity contribution is 0.111. The van der Waals surface area contributed by atoms with Crippen LogP contribution in [0.4, 0.5) is 0 Å². The molecule has 1 aromatic carbocycles. The smallest absolute Gasteiger partial charge is 0.234 e. The number of hydrogen-bond donors (Lipinski definition) is 0. The zero-order valence-electron chi connectivity index (χ0n) is 10.3. The molecule has 0 unspecified atom stereocenters. The van der Waals surface area contributed by atoms with E-state index < -0.39 is 0 Å². The van der Waals surface area contributed by atoms with E-state index in [4.69, 9.17) is 4.74 Å². The summed E-state index contributed by atoms with van der Waals surface area (Å²) in [6.07, 6.45) is 4.21. The van der Waals surface area contributed by atoms with E-state index in [1.165, 1.54) is 0 Å². The number of rotatable bonds is 3. The lowest BCUT2D eigenvalue weighted by Crippen LogP contribution is -1.92. The highest BCUT2D eigenvalue weighted by Gasteiger charge is 2.13. The number of benzene rings is 1. The van der Waals surface area contributed by atoms with E-state index in [1.54, 1.807) is 30.0 Å². The predicted molar refractivity (Wildman–Crippen MR) is 70.4 cm³/mol. The van der Waals surface area contributed by atoms with Gasteiger partial charge < -0.3 is 4.74 Å². The van der Waals surface area contributed by atoms with Crippen LogP contribution in [0.1, 0.15) is 10.5 Å². The molecule has 0 fully saturated rings. The summed E-state index contributed by atoms with van der Waals surface area (Å²) in [5, 5.41) is 0. The molecule has 2 heterocycles. The number of ether oxygens (including phenoxy) is 1. The second-order valence-electron chi connectivity index (χ2n) is 3.98. The van der Waals surface area contributed by atoms with E-state index in [1.807, 2.05) is 24.3 Å². The summed E-state index contributed by atoms with van der Waals surface area (Å²) in [5.41, 5.74) is 1.97. The molecule has 0 aliphatic heterocycles. The van der Waals surface area contributed by atoms with Crippen molar-refractivity contribution >= 4 is 12.1 Å². The van der Waals surface area contributed by atoms with Gasteiger partial charge in [0.2, 0.25) is 5.78 Å². The van der Waals surface area contributed by atoms with Gasteiger partial charge in [0.05, 0.1) is 7.11 Å². The summed E-state index contributed by atoms with van der Waals surface area (Å²) >= 11 is 0. The van der Waals surface area contributed by atoms with Gasteiger partial charge in [0.25, 0.3) is 0 Å². The molecule has 3 aromatic rings. The molecule has 0 aliphatic carbocycles. The highest BCUT2D eigenvalue weighted by atomic mass is 16.5. The number of nitrogens with zero attached hydrogens (tertiary/aromatic N) is 3. The van der Waals surface area contributed by atoms with Crippen molar-refractivity contribution in [1.82, 2.24) is 14.4 Å². The fourth-order valence-corrected chi connectivity index (χ4v) is 1.98. The Morgan fingerprint density at radius 1 is 1.26 bits per heavy atom. The first-order valence-corrected chi connectivity index (χ1v) is 5.76. The van der Waals surface area contributed by atoms with Gasteiger partial charge in [0.1, 0.15) is 17.1 Å². The molecule has 19 heavy (non-hydrogen) atoms. The Balaban J connectivity index is 2.20. The zero-order valence-corrected chi connectivity index (χ0v) is 10.3. The van der Waals surface area contributed by atoms with E-state index in [0.717, 1.165) is 17.6 Å². The lowest BCUT2D eigenvalue weighted by atomic mass is 10.1. The van der Waals surface area contributed by atoms with Gasteiger partial charge in [0.15, 0.2) is 6.29 Å². The van der Waals surface area contributed by atoms with Crippen molar-refractivity contribution in [2.75, 3.05) is 7.11 Å². The minimum Gasteiger partial charge on any atom is -0.497 e. The highest BCUT2D eigenvalue weighted by molar-refractivity contribution is 5.85. The van der Waals surface area contributed by atoms with Crippen LogP contribution in [-0.2, 0) is 0 Å². The number of fused-ring (bicyclic) bond motifs is 1. The maximum absolute atomic E-state index is 11.3. The third-order valence-electron chi connectivity index (χ3n) is 2.92. The minimum atomic E-state index is 0.494. The van der Waals surface area contributed by atoms with Gasteiger partial charge in [-0.25, -0.2) is 9.97 Å². The second kappa shape index (κ2) is 4.53. The number of aromatic nitrogens is 3. The van der Waals surface area contributed by atoms with E-state index in [-0.39, 0.29) is 0 Å². The van der Waals surface area contributed by atoms with Crippen LogP contribution in [0.15, 0.2) is 42.7 Å². The maximum atomic E-state index is 11.3. The fraction of sp³-hybridized carbons (Fsp3) is 0.0714. The van der Waals surface area contributed by atoms with Gasteiger partial charge in [-0.3, -0.25) is 9.20 Å². The van der Waals surface area contributed by atoms with E-state index in [2.05, 4.69) is 9.97 Å². The van der Waals surface area contributed by atoms with Crippen molar-refractivity contribution in [2.24, 2.45) is 0 Å². The van der Waals surface area contributed by atoms with Crippen LogP contribution in [0.2, 0.25) is 0 Å². The molecule has 0 saturated carbocycles. The Morgan fingerprint density at radius 2 is 2.05 bits per heavy atom. The number of carbonyl (C=O) groups excluding carboxylic acids is 1. The molecule has 5 nitrogen and oxygen atoms in total. The molecule has 0 spiro atoms. The first kappa shape index (κ1) is 11.4. The molecule has 0 radical (unpaired) electrons. The molecule has 0 bridgehead atoms. The molecule has 0 amide bonds. The Hall–Kier alpha value is -2.69. The first-order valence-electron chi connectivity index (χ1n) is 5.76. The highest BCUT2D eigenvalue weighted by Crippen LogP contribution is 2.24. The van der Waals surface area contributed by atoms with E-state index in [9.17, 15) is 4.79 Å². The average molecular weight is 253 g/mol. The summed E-state index contributed by atoms with van der Waals surface area (Å²) in [5.74, 6) is 1.27. The standard InChI is InChI=1S/C14H11N3O2/c1-19-11-5-3-10(4-6-11)13-12(9-18)17-8-2-7-15-14(17)16-13/h2-9H,1H3. The van der Waals surface area contributed by atoms with Crippen molar-refractivity contribution in [1.29, 1.82) is 0 Å². The Kier molecular flexibility index (Phi) is 2.72. The van der Waals surface area contributed by atoms with E-state index >= 15 is 0 Å². The molecular weight excluding hydrogens is 242 g/mol. The number of methoxy groups -OCH3 is 1. The molecule has 0 saturated heterocycles. The first-order chi connectivity index (χ1) is 9.33. The number of hydrogen-bond acceptors (Lipinski definition) is 4. The summed E-state index contributed by atoms with van der Waals surface area (Å²) in [6.45, 7) is 0. The van der Waals surface area contributed by atoms with Crippen molar-refractivity contribution in [3.63, 3.8) is 0 Å². The monoisotopic (exact) mass is 253 g/mol. The van der Waals surface area contributed by atoms with Crippen LogP contribution < -0.4 is 4.74 Å². The number of aldehydes is 1. The molecular formula is C14H11N3O2. The summed E-state index contributed by atoms with van der Waals surface area (Å²) in [7, 11) is 1.61. The minimum absolute atomic E-state index is 0.494. The van der Waals surface area contributed by atoms with Crippen molar-refractivity contribution in [2.45, 2.75) is 0 Å². The molecule has 94 valence electrons. The largest absolute Gasteiger partial charge is 0.497 e. The Labute approximate surface area is 109 Å². The van der Waals surface area contributed by atoms with Gasteiger partial charge in [0, 0.05) is 18.0 Å². The van der Waals surface area contributed by atoms with Crippen LogP contribution in [0.5, 0.6) is 5.75 Å². The van der Waals surface area contributed by atoms with Gasteiger partial charge in [-0.05, 0) is 30.3 Å². The molecule has 0 N–H and O–H groups in total. The Bertz CT molecular complexity index is 732. The maximum Gasteiger partial charge on any atom is 0.234 e. The van der Waals surface area contributed by atoms with Crippen LogP contribution >= 0.6 is 0 Å².